The van der Waals surface area contributed by atoms with Crippen molar-refractivity contribution in [3.05, 3.63) is 29.3 Å². The molecule has 0 fully saturated rings. The van der Waals surface area contributed by atoms with Crippen LogP contribution in [0.25, 0.3) is 0 Å². The van der Waals surface area contributed by atoms with E-state index < -0.39 is 0 Å². The Morgan fingerprint density at radius 2 is 2.05 bits per heavy atom. The van der Waals surface area contributed by atoms with E-state index in [-0.39, 0.29) is 6.04 Å². The van der Waals surface area contributed by atoms with Gasteiger partial charge >= 0.3 is 0 Å². The van der Waals surface area contributed by atoms with Crippen LogP contribution < -0.4 is 5.32 Å². The molecule has 0 saturated carbocycles. The first-order valence-electron chi connectivity index (χ1n) is 7.85. The lowest BCUT2D eigenvalue weighted by Crippen LogP contribution is -2.26. The van der Waals surface area contributed by atoms with Gasteiger partial charge in [-0.3, -0.25) is 4.68 Å². The summed E-state index contributed by atoms with van der Waals surface area (Å²) in [6, 6.07) is 0.107. The first-order valence-corrected chi connectivity index (χ1v) is 7.85. The maximum atomic E-state index is 4.57. The fourth-order valence-corrected chi connectivity index (χ4v) is 2.61. The van der Waals surface area contributed by atoms with Gasteiger partial charge in [0.1, 0.15) is 0 Å². The lowest BCUT2D eigenvalue weighted by Gasteiger charge is -2.19. The summed E-state index contributed by atoms with van der Waals surface area (Å²) in [5.74, 6) is 0. The van der Waals surface area contributed by atoms with Gasteiger partial charge in [0, 0.05) is 25.4 Å². The van der Waals surface area contributed by atoms with Gasteiger partial charge in [0.25, 0.3) is 0 Å². The van der Waals surface area contributed by atoms with Crippen molar-refractivity contribution in [2.24, 2.45) is 7.05 Å². The quantitative estimate of drug-likeness (QED) is 0.808. The highest BCUT2D eigenvalue weighted by Gasteiger charge is 2.22. The zero-order chi connectivity index (χ0) is 15.2. The topological polar surface area (TPSA) is 60.6 Å². The van der Waals surface area contributed by atoms with Gasteiger partial charge in [-0.15, -0.1) is 5.10 Å². The lowest BCUT2D eigenvalue weighted by atomic mass is 10.0. The van der Waals surface area contributed by atoms with Crippen LogP contribution in [0.2, 0.25) is 0 Å². The molecule has 2 heterocycles. The molecule has 0 bridgehead atoms. The second-order valence-corrected chi connectivity index (χ2v) is 5.33. The second kappa shape index (κ2) is 7.36. The normalized spacial score (nSPS) is 12.8. The lowest BCUT2D eigenvalue weighted by molar-refractivity contribution is 0.502. The number of aryl methyl sites for hydroxylation is 3. The Kier molecular flexibility index (Phi) is 5.50. The van der Waals surface area contributed by atoms with Crippen molar-refractivity contribution in [1.29, 1.82) is 0 Å². The molecule has 1 N–H and O–H groups in total. The average Bonchev–Trinajstić information content (AvgIpc) is 3.07. The Morgan fingerprint density at radius 1 is 1.24 bits per heavy atom. The number of nitrogens with zero attached hydrogens (tertiary/aromatic N) is 5. The molecule has 2 rings (SSSR count). The first-order chi connectivity index (χ1) is 10.2. The maximum Gasteiger partial charge on any atom is 0.0803 e. The zero-order valence-electron chi connectivity index (χ0n) is 13.5. The van der Waals surface area contributed by atoms with Crippen molar-refractivity contribution < 1.29 is 0 Å². The molecule has 1 unspecified atom stereocenters. The minimum atomic E-state index is 0.107. The van der Waals surface area contributed by atoms with E-state index in [1.54, 1.807) is 0 Å². The van der Waals surface area contributed by atoms with Crippen molar-refractivity contribution in [1.82, 2.24) is 30.1 Å². The highest BCUT2D eigenvalue weighted by atomic mass is 15.4. The highest BCUT2D eigenvalue weighted by Crippen LogP contribution is 2.24. The fraction of sp³-hybridized carbons (Fsp3) is 0.667. The van der Waals surface area contributed by atoms with Gasteiger partial charge in [-0.05, 0) is 25.8 Å². The molecule has 2 aromatic rings. The second-order valence-electron chi connectivity index (χ2n) is 5.33. The van der Waals surface area contributed by atoms with Gasteiger partial charge in [0.05, 0.1) is 23.6 Å². The van der Waals surface area contributed by atoms with Gasteiger partial charge in [-0.1, -0.05) is 26.0 Å². The van der Waals surface area contributed by atoms with Gasteiger partial charge in [-0.25, -0.2) is 4.68 Å². The Bertz CT molecular complexity index is 556. The Labute approximate surface area is 126 Å². The summed E-state index contributed by atoms with van der Waals surface area (Å²) in [7, 11) is 1.97. The van der Waals surface area contributed by atoms with E-state index in [1.165, 1.54) is 5.56 Å². The molecule has 21 heavy (non-hydrogen) atoms. The number of nitrogens with one attached hydrogen (secondary N) is 1. The van der Waals surface area contributed by atoms with E-state index in [4.69, 9.17) is 0 Å². The first kappa shape index (κ1) is 15.7. The molecule has 0 saturated heterocycles. The molecule has 0 aliphatic heterocycles. The van der Waals surface area contributed by atoms with Crippen molar-refractivity contribution in [3.8, 4) is 0 Å². The standard InChI is InChI=1S/C15H26N6/c1-5-8-16-15(12-11-20(4)18-13(12)7-3)14-10-17-19-21(14)9-6-2/h10-11,15-16H,5-9H2,1-4H3. The average molecular weight is 290 g/mol. The third kappa shape index (κ3) is 3.50. The third-order valence-electron chi connectivity index (χ3n) is 3.56. The molecular weight excluding hydrogens is 264 g/mol. The summed E-state index contributed by atoms with van der Waals surface area (Å²) in [4.78, 5) is 0. The van der Waals surface area contributed by atoms with Crippen LogP contribution in [0.1, 0.15) is 56.6 Å². The van der Waals surface area contributed by atoms with Crippen LogP contribution in [0, 0.1) is 0 Å². The van der Waals surface area contributed by atoms with E-state index in [0.29, 0.717) is 0 Å². The summed E-state index contributed by atoms with van der Waals surface area (Å²) < 4.78 is 3.89. The smallest absolute Gasteiger partial charge is 0.0803 e. The SMILES string of the molecule is CCCNC(c1cn(C)nc1CC)c1cnnn1CCC. The fourth-order valence-electron chi connectivity index (χ4n) is 2.61. The predicted molar refractivity (Wildman–Crippen MR) is 83.0 cm³/mol. The minimum Gasteiger partial charge on any atom is -0.305 e. The van der Waals surface area contributed by atoms with Gasteiger partial charge in [0.2, 0.25) is 0 Å². The molecule has 1 atom stereocenters. The molecule has 6 nitrogen and oxygen atoms in total. The number of rotatable bonds is 8. The molecule has 0 amide bonds. The van der Waals surface area contributed by atoms with Crippen molar-refractivity contribution >= 4 is 0 Å². The van der Waals surface area contributed by atoms with Crippen LogP contribution in [-0.2, 0) is 20.0 Å². The van der Waals surface area contributed by atoms with E-state index in [0.717, 1.165) is 43.7 Å². The summed E-state index contributed by atoms with van der Waals surface area (Å²) >= 11 is 0. The van der Waals surface area contributed by atoms with Crippen LogP contribution in [-0.4, -0.2) is 31.3 Å². The van der Waals surface area contributed by atoms with E-state index in [2.05, 4.69) is 47.7 Å². The van der Waals surface area contributed by atoms with E-state index >= 15 is 0 Å². The molecule has 116 valence electrons. The zero-order valence-corrected chi connectivity index (χ0v) is 13.5. The van der Waals surface area contributed by atoms with Crippen molar-refractivity contribution in [2.75, 3.05) is 6.54 Å². The van der Waals surface area contributed by atoms with Crippen LogP contribution >= 0.6 is 0 Å². The Hall–Kier alpha value is -1.69. The molecule has 0 aromatic carbocycles. The monoisotopic (exact) mass is 290 g/mol. The van der Waals surface area contributed by atoms with Crippen molar-refractivity contribution in [3.63, 3.8) is 0 Å². The minimum absolute atomic E-state index is 0.107. The summed E-state index contributed by atoms with van der Waals surface area (Å²) in [5, 5.41) is 16.5. The third-order valence-corrected chi connectivity index (χ3v) is 3.56. The van der Waals surface area contributed by atoms with Crippen LogP contribution in [0.4, 0.5) is 0 Å². The molecule has 0 spiro atoms. The Morgan fingerprint density at radius 3 is 2.71 bits per heavy atom. The molecular formula is C15H26N6. The van der Waals surface area contributed by atoms with Crippen LogP contribution in [0.5, 0.6) is 0 Å². The number of aromatic nitrogens is 5. The maximum absolute atomic E-state index is 4.57. The molecule has 0 aliphatic rings. The Balaban J connectivity index is 2.39. The van der Waals surface area contributed by atoms with Crippen molar-refractivity contribution in [2.45, 2.75) is 52.6 Å². The number of hydrogen-bond acceptors (Lipinski definition) is 4. The highest BCUT2D eigenvalue weighted by molar-refractivity contribution is 5.29. The van der Waals surface area contributed by atoms with Crippen LogP contribution in [0.15, 0.2) is 12.4 Å². The van der Waals surface area contributed by atoms with Gasteiger partial charge in [-0.2, -0.15) is 5.10 Å². The molecule has 2 aromatic heterocycles. The van der Waals surface area contributed by atoms with E-state index in [1.807, 2.05) is 22.6 Å². The summed E-state index contributed by atoms with van der Waals surface area (Å²) in [6.07, 6.45) is 7.04. The summed E-state index contributed by atoms with van der Waals surface area (Å²) in [5.41, 5.74) is 3.48. The van der Waals surface area contributed by atoms with E-state index in [9.17, 15) is 0 Å². The van der Waals surface area contributed by atoms with Gasteiger partial charge < -0.3 is 5.32 Å². The molecule has 0 radical (unpaired) electrons. The molecule has 6 heteroatoms. The largest absolute Gasteiger partial charge is 0.305 e. The molecule has 0 aliphatic carbocycles. The van der Waals surface area contributed by atoms with Gasteiger partial charge in [0.15, 0.2) is 0 Å². The van der Waals surface area contributed by atoms with Crippen LogP contribution in [0.3, 0.4) is 0 Å². The summed E-state index contributed by atoms with van der Waals surface area (Å²) in [6.45, 7) is 8.32. The predicted octanol–water partition coefficient (Wildman–Crippen LogP) is 2.07. The number of hydrogen-bond donors (Lipinski definition) is 1.